The van der Waals surface area contributed by atoms with Crippen LogP contribution < -0.4 is 15.4 Å². The van der Waals surface area contributed by atoms with Crippen molar-refractivity contribution in [3.8, 4) is 5.75 Å². The number of piperidine rings is 1. The van der Waals surface area contributed by atoms with E-state index in [2.05, 4.69) is 27.5 Å². The van der Waals surface area contributed by atoms with Gasteiger partial charge in [0.15, 0.2) is 0 Å². The highest BCUT2D eigenvalue weighted by atomic mass is 35.5. The summed E-state index contributed by atoms with van der Waals surface area (Å²) in [5.41, 5.74) is 1.98. The van der Waals surface area contributed by atoms with Gasteiger partial charge in [-0.05, 0) is 42.6 Å². The number of halogens is 4. The molecule has 0 amide bonds. The summed E-state index contributed by atoms with van der Waals surface area (Å²) in [4.78, 5) is 0. The lowest BCUT2D eigenvalue weighted by Crippen LogP contribution is -2.45. The van der Waals surface area contributed by atoms with E-state index < -0.39 is 6.36 Å². The maximum absolute atomic E-state index is 12.3. The standard InChI is InChI=1S/C19H21F3N2O.ClH/c20-19(21,22)25-16-9-4-6-14(12-16)13-24-17-10-5-11-23-18(17)15-7-2-1-3-8-15;/h1-4,6-9,12,17-18,23-24H,5,10-11,13H2;1H/t17-,18-;/m0./s1. The number of alkyl halides is 3. The van der Waals surface area contributed by atoms with Crippen molar-refractivity contribution in [2.24, 2.45) is 0 Å². The van der Waals surface area contributed by atoms with Crippen molar-refractivity contribution in [3.63, 3.8) is 0 Å². The highest BCUT2D eigenvalue weighted by Crippen LogP contribution is 2.25. The molecular weight excluding hydrogens is 365 g/mol. The molecule has 2 atom stereocenters. The maximum atomic E-state index is 12.3. The monoisotopic (exact) mass is 386 g/mol. The van der Waals surface area contributed by atoms with Crippen LogP contribution in [-0.2, 0) is 6.54 Å². The van der Waals surface area contributed by atoms with Gasteiger partial charge in [-0.15, -0.1) is 25.6 Å². The van der Waals surface area contributed by atoms with Crippen LogP contribution in [0.2, 0.25) is 0 Å². The normalized spacial score (nSPS) is 20.3. The third kappa shape index (κ3) is 5.90. The summed E-state index contributed by atoms with van der Waals surface area (Å²) in [6.07, 6.45) is -2.58. The minimum atomic E-state index is -4.67. The average molecular weight is 387 g/mol. The van der Waals surface area contributed by atoms with Crippen LogP contribution in [0.3, 0.4) is 0 Å². The van der Waals surface area contributed by atoms with Gasteiger partial charge in [0, 0.05) is 18.6 Å². The van der Waals surface area contributed by atoms with Crippen LogP contribution >= 0.6 is 12.4 Å². The minimum absolute atomic E-state index is 0. The Morgan fingerprint density at radius 2 is 1.85 bits per heavy atom. The molecule has 7 heteroatoms. The van der Waals surface area contributed by atoms with E-state index in [-0.39, 0.29) is 30.2 Å². The Kier molecular flexibility index (Phi) is 7.32. The van der Waals surface area contributed by atoms with Crippen molar-refractivity contribution in [2.45, 2.75) is 37.8 Å². The van der Waals surface area contributed by atoms with Crippen molar-refractivity contribution >= 4 is 12.4 Å². The Morgan fingerprint density at radius 3 is 2.58 bits per heavy atom. The summed E-state index contributed by atoms with van der Waals surface area (Å²) in [7, 11) is 0. The zero-order valence-corrected chi connectivity index (χ0v) is 14.9. The van der Waals surface area contributed by atoms with Gasteiger partial charge in [-0.1, -0.05) is 42.5 Å². The lowest BCUT2D eigenvalue weighted by Gasteiger charge is -2.34. The quantitative estimate of drug-likeness (QED) is 0.788. The summed E-state index contributed by atoms with van der Waals surface area (Å²) in [5.74, 6) is -0.187. The molecular formula is C19H22ClF3N2O. The molecule has 0 aromatic heterocycles. The molecule has 3 rings (SSSR count). The second-order valence-corrected chi connectivity index (χ2v) is 6.17. The molecule has 2 aromatic carbocycles. The first-order valence-corrected chi connectivity index (χ1v) is 8.38. The van der Waals surface area contributed by atoms with Gasteiger partial charge in [0.2, 0.25) is 0 Å². The van der Waals surface area contributed by atoms with E-state index in [1.165, 1.54) is 17.7 Å². The fourth-order valence-corrected chi connectivity index (χ4v) is 3.22. The van der Waals surface area contributed by atoms with Crippen molar-refractivity contribution in [2.75, 3.05) is 6.54 Å². The third-order valence-corrected chi connectivity index (χ3v) is 4.32. The topological polar surface area (TPSA) is 33.3 Å². The molecule has 142 valence electrons. The third-order valence-electron chi connectivity index (χ3n) is 4.32. The predicted molar refractivity (Wildman–Crippen MR) is 97.4 cm³/mol. The first-order chi connectivity index (χ1) is 12.0. The molecule has 2 N–H and O–H groups in total. The molecule has 1 heterocycles. The Balaban J connectivity index is 0.00000243. The molecule has 1 aliphatic rings. The number of rotatable bonds is 5. The van der Waals surface area contributed by atoms with Crippen LogP contribution in [0.1, 0.15) is 30.0 Å². The van der Waals surface area contributed by atoms with Crippen molar-refractivity contribution in [3.05, 3.63) is 65.7 Å². The number of hydrogen-bond donors (Lipinski definition) is 2. The second-order valence-electron chi connectivity index (χ2n) is 6.17. The van der Waals surface area contributed by atoms with Crippen LogP contribution in [0.15, 0.2) is 54.6 Å². The molecule has 0 bridgehead atoms. The maximum Gasteiger partial charge on any atom is 0.573 e. The van der Waals surface area contributed by atoms with Gasteiger partial charge in [0.1, 0.15) is 5.75 Å². The van der Waals surface area contributed by atoms with E-state index in [1.54, 1.807) is 12.1 Å². The van der Waals surface area contributed by atoms with Gasteiger partial charge in [0.25, 0.3) is 0 Å². The van der Waals surface area contributed by atoms with Gasteiger partial charge in [-0.25, -0.2) is 0 Å². The van der Waals surface area contributed by atoms with E-state index in [4.69, 9.17) is 0 Å². The average Bonchev–Trinajstić information content (AvgIpc) is 2.60. The predicted octanol–water partition coefficient (Wildman–Crippen LogP) is 4.59. The van der Waals surface area contributed by atoms with Crippen LogP contribution in [-0.4, -0.2) is 18.9 Å². The number of benzene rings is 2. The molecule has 1 saturated heterocycles. The molecule has 0 saturated carbocycles. The molecule has 2 aromatic rings. The number of ether oxygens (including phenoxy) is 1. The molecule has 3 nitrogen and oxygen atoms in total. The fraction of sp³-hybridized carbons (Fsp3) is 0.368. The van der Waals surface area contributed by atoms with Crippen LogP contribution in [0.4, 0.5) is 13.2 Å². The summed E-state index contributed by atoms with van der Waals surface area (Å²) in [5, 5.41) is 7.01. The highest BCUT2D eigenvalue weighted by Gasteiger charge is 2.31. The Hall–Kier alpha value is -1.76. The van der Waals surface area contributed by atoms with Crippen LogP contribution in [0.25, 0.3) is 0 Å². The molecule has 1 aliphatic heterocycles. The molecule has 0 radical (unpaired) electrons. The lowest BCUT2D eigenvalue weighted by molar-refractivity contribution is -0.274. The van der Waals surface area contributed by atoms with Gasteiger partial charge >= 0.3 is 6.36 Å². The minimum Gasteiger partial charge on any atom is -0.406 e. The second kappa shape index (κ2) is 9.26. The molecule has 26 heavy (non-hydrogen) atoms. The first kappa shape index (κ1) is 20.6. The highest BCUT2D eigenvalue weighted by molar-refractivity contribution is 5.85. The molecule has 0 spiro atoms. The fourth-order valence-electron chi connectivity index (χ4n) is 3.22. The van der Waals surface area contributed by atoms with Crippen LogP contribution in [0, 0.1) is 0 Å². The summed E-state index contributed by atoms with van der Waals surface area (Å²) in [6.45, 7) is 1.46. The Labute approximate surface area is 157 Å². The Morgan fingerprint density at radius 1 is 1.08 bits per heavy atom. The molecule has 0 aliphatic carbocycles. The van der Waals surface area contributed by atoms with Gasteiger partial charge in [0.05, 0.1) is 0 Å². The van der Waals surface area contributed by atoms with E-state index in [1.807, 2.05) is 18.2 Å². The van der Waals surface area contributed by atoms with E-state index >= 15 is 0 Å². The summed E-state index contributed by atoms with van der Waals surface area (Å²) < 4.78 is 41.0. The van der Waals surface area contributed by atoms with Gasteiger partial charge in [-0.2, -0.15) is 0 Å². The number of hydrogen-bond acceptors (Lipinski definition) is 3. The Bertz CT molecular complexity index is 682. The van der Waals surface area contributed by atoms with Crippen molar-refractivity contribution in [1.82, 2.24) is 10.6 Å². The SMILES string of the molecule is Cl.FC(F)(F)Oc1cccc(CN[C@H]2CCCN[C@H]2c2ccccc2)c1. The van der Waals surface area contributed by atoms with Gasteiger partial charge < -0.3 is 15.4 Å². The number of nitrogens with one attached hydrogen (secondary N) is 2. The zero-order valence-electron chi connectivity index (χ0n) is 14.1. The van der Waals surface area contributed by atoms with E-state index in [0.29, 0.717) is 6.54 Å². The van der Waals surface area contributed by atoms with Gasteiger partial charge in [-0.3, -0.25) is 0 Å². The van der Waals surface area contributed by atoms with E-state index in [9.17, 15) is 13.2 Å². The summed E-state index contributed by atoms with van der Waals surface area (Å²) in [6, 6.07) is 16.7. The first-order valence-electron chi connectivity index (χ1n) is 8.38. The van der Waals surface area contributed by atoms with E-state index in [0.717, 1.165) is 24.9 Å². The largest absolute Gasteiger partial charge is 0.573 e. The lowest BCUT2D eigenvalue weighted by atomic mass is 9.92. The zero-order chi connectivity index (χ0) is 17.7. The van der Waals surface area contributed by atoms with Crippen molar-refractivity contribution < 1.29 is 17.9 Å². The van der Waals surface area contributed by atoms with Crippen LogP contribution in [0.5, 0.6) is 5.75 Å². The molecule has 0 unspecified atom stereocenters. The summed E-state index contributed by atoms with van der Waals surface area (Å²) >= 11 is 0. The van der Waals surface area contributed by atoms with Crippen molar-refractivity contribution in [1.29, 1.82) is 0 Å². The smallest absolute Gasteiger partial charge is 0.406 e. The molecule has 1 fully saturated rings.